The van der Waals surface area contributed by atoms with Crippen LogP contribution < -0.4 is 5.56 Å². The van der Waals surface area contributed by atoms with Crippen molar-refractivity contribution >= 4 is 10.9 Å². The van der Waals surface area contributed by atoms with Gasteiger partial charge >= 0.3 is 0 Å². The third-order valence-corrected chi connectivity index (χ3v) is 2.07. The van der Waals surface area contributed by atoms with Crippen LogP contribution in [0.5, 0.6) is 0 Å². The number of H-pyrrole nitrogens is 1. The van der Waals surface area contributed by atoms with Crippen LogP contribution in [-0.2, 0) is 6.42 Å². The fourth-order valence-corrected chi connectivity index (χ4v) is 1.34. The maximum Gasteiger partial charge on any atom is 0.258 e. The number of para-hydroxylation sites is 1. The van der Waals surface area contributed by atoms with Crippen molar-refractivity contribution in [1.82, 2.24) is 9.97 Å². The maximum atomic E-state index is 13.3. The Morgan fingerprint density at radius 2 is 2.06 bits per heavy atom. The van der Waals surface area contributed by atoms with E-state index in [2.05, 4.69) is 9.97 Å². The summed E-state index contributed by atoms with van der Waals surface area (Å²) in [5.74, 6) is 0.0518. The lowest BCUT2D eigenvalue weighted by atomic mass is 10.2. The van der Waals surface area contributed by atoms with Gasteiger partial charge in [-0.3, -0.25) is 4.79 Å². The molecule has 0 atom stereocenters. The van der Waals surface area contributed by atoms with Crippen LogP contribution >= 0.6 is 0 Å². The molecule has 0 spiro atoms. The number of nitrogens with one attached hydrogen (secondary N) is 1. The number of rotatable bonds is 1. The summed E-state index contributed by atoms with van der Waals surface area (Å²) in [4.78, 5) is 18.1. The van der Waals surface area contributed by atoms with Gasteiger partial charge in [-0.05, 0) is 12.1 Å². The largest absolute Gasteiger partial charge is 0.310 e. The lowest BCUT2D eigenvalue weighted by Crippen LogP contribution is -2.11. The molecule has 1 aromatic heterocycles. The van der Waals surface area contributed by atoms with Crippen molar-refractivity contribution in [3.63, 3.8) is 0 Å². The van der Waals surface area contributed by atoms with Crippen LogP contribution in [0.4, 0.5) is 4.39 Å². The van der Waals surface area contributed by atoms with Gasteiger partial charge in [-0.1, -0.05) is 26.8 Å². The molecule has 16 heavy (non-hydrogen) atoms. The van der Waals surface area contributed by atoms with Crippen molar-refractivity contribution in [3.05, 3.63) is 40.2 Å². The number of nitrogens with zero attached hydrogens (tertiary/aromatic N) is 1. The van der Waals surface area contributed by atoms with Crippen LogP contribution in [-0.4, -0.2) is 9.97 Å². The van der Waals surface area contributed by atoms with Gasteiger partial charge in [0.1, 0.15) is 17.2 Å². The SMILES string of the molecule is CC.CCc1nc2c(F)cccc2c(=O)[nH]1. The van der Waals surface area contributed by atoms with Gasteiger partial charge in [0.2, 0.25) is 0 Å². The second-order valence-electron chi connectivity index (χ2n) is 3.00. The fourth-order valence-electron chi connectivity index (χ4n) is 1.34. The Balaban J connectivity index is 0.000000606. The molecule has 0 radical (unpaired) electrons. The molecule has 1 N–H and O–H groups in total. The van der Waals surface area contributed by atoms with E-state index >= 15 is 0 Å². The zero-order valence-corrected chi connectivity index (χ0v) is 9.67. The minimum atomic E-state index is -0.455. The molecule has 1 aromatic carbocycles. The van der Waals surface area contributed by atoms with E-state index in [9.17, 15) is 9.18 Å². The standard InChI is InChI=1S/C10H9FN2O.C2H6/c1-2-8-12-9-6(10(14)13-8)4-3-5-7(9)11;1-2/h3-5H,2H2,1H3,(H,12,13,14);1-2H3. The van der Waals surface area contributed by atoms with Gasteiger partial charge in [0.05, 0.1) is 5.39 Å². The lowest BCUT2D eigenvalue weighted by Gasteiger charge is -2.00. The number of hydrogen-bond donors (Lipinski definition) is 1. The van der Waals surface area contributed by atoms with E-state index in [1.165, 1.54) is 12.1 Å². The number of halogens is 1. The summed E-state index contributed by atoms with van der Waals surface area (Å²) in [6.45, 7) is 5.85. The second-order valence-corrected chi connectivity index (χ2v) is 3.00. The van der Waals surface area contributed by atoms with Crippen LogP contribution in [0, 0.1) is 5.82 Å². The summed E-state index contributed by atoms with van der Waals surface area (Å²) in [6.07, 6.45) is 0.583. The summed E-state index contributed by atoms with van der Waals surface area (Å²) in [5, 5.41) is 0.294. The zero-order chi connectivity index (χ0) is 12.1. The predicted molar refractivity (Wildman–Crippen MR) is 63.0 cm³/mol. The Kier molecular flexibility index (Phi) is 4.17. The van der Waals surface area contributed by atoms with Crippen LogP contribution in [0.3, 0.4) is 0 Å². The second kappa shape index (κ2) is 5.39. The molecule has 1 heterocycles. The van der Waals surface area contributed by atoms with E-state index in [1.54, 1.807) is 6.07 Å². The monoisotopic (exact) mass is 222 g/mol. The third-order valence-electron chi connectivity index (χ3n) is 2.07. The maximum absolute atomic E-state index is 13.3. The van der Waals surface area contributed by atoms with Crippen molar-refractivity contribution < 1.29 is 4.39 Å². The van der Waals surface area contributed by atoms with Gasteiger partial charge in [0.25, 0.3) is 5.56 Å². The minimum Gasteiger partial charge on any atom is -0.310 e. The number of aromatic nitrogens is 2. The highest BCUT2D eigenvalue weighted by molar-refractivity contribution is 5.77. The first kappa shape index (κ1) is 12.4. The molecule has 0 aliphatic rings. The van der Waals surface area contributed by atoms with Crippen molar-refractivity contribution in [2.24, 2.45) is 0 Å². The van der Waals surface area contributed by atoms with Crippen LogP contribution in [0.15, 0.2) is 23.0 Å². The molecule has 0 saturated carbocycles. The smallest absolute Gasteiger partial charge is 0.258 e. The topological polar surface area (TPSA) is 45.8 Å². The summed E-state index contributed by atoms with van der Waals surface area (Å²) in [6, 6.07) is 4.36. The van der Waals surface area contributed by atoms with Crippen LogP contribution in [0.2, 0.25) is 0 Å². The molecule has 0 aliphatic heterocycles. The van der Waals surface area contributed by atoms with E-state index in [0.717, 1.165) is 0 Å². The predicted octanol–water partition coefficient (Wildman–Crippen LogP) is 2.65. The molecule has 2 rings (SSSR count). The van der Waals surface area contributed by atoms with Crippen molar-refractivity contribution in [1.29, 1.82) is 0 Å². The van der Waals surface area contributed by atoms with E-state index in [1.807, 2.05) is 20.8 Å². The van der Waals surface area contributed by atoms with Gasteiger partial charge in [-0.2, -0.15) is 0 Å². The normalized spacial score (nSPS) is 9.75. The van der Waals surface area contributed by atoms with Gasteiger partial charge in [0, 0.05) is 6.42 Å². The first-order valence-electron chi connectivity index (χ1n) is 5.39. The van der Waals surface area contributed by atoms with Gasteiger partial charge in [0.15, 0.2) is 0 Å². The van der Waals surface area contributed by atoms with Crippen LogP contribution in [0.25, 0.3) is 10.9 Å². The Bertz CT molecular complexity index is 534. The quantitative estimate of drug-likeness (QED) is 0.806. The molecule has 0 amide bonds. The van der Waals surface area contributed by atoms with Crippen molar-refractivity contribution in [2.75, 3.05) is 0 Å². The molecule has 0 unspecified atom stereocenters. The third kappa shape index (κ3) is 2.27. The number of hydrogen-bond acceptors (Lipinski definition) is 2. The Hall–Kier alpha value is -1.71. The molecular formula is C12H15FN2O. The van der Waals surface area contributed by atoms with E-state index in [-0.39, 0.29) is 11.1 Å². The van der Waals surface area contributed by atoms with E-state index < -0.39 is 5.82 Å². The van der Waals surface area contributed by atoms with E-state index in [0.29, 0.717) is 17.6 Å². The van der Waals surface area contributed by atoms with Gasteiger partial charge in [-0.25, -0.2) is 9.37 Å². The van der Waals surface area contributed by atoms with Crippen molar-refractivity contribution in [3.8, 4) is 0 Å². The lowest BCUT2D eigenvalue weighted by molar-refractivity contribution is 0.635. The average molecular weight is 222 g/mol. The zero-order valence-electron chi connectivity index (χ0n) is 9.67. The summed E-state index contributed by atoms with van der Waals surface area (Å²) in [7, 11) is 0. The molecular weight excluding hydrogens is 207 g/mol. The van der Waals surface area contributed by atoms with Gasteiger partial charge in [-0.15, -0.1) is 0 Å². The molecule has 3 nitrogen and oxygen atoms in total. The number of benzene rings is 1. The number of aromatic amines is 1. The fraction of sp³-hybridized carbons (Fsp3) is 0.333. The molecule has 0 bridgehead atoms. The van der Waals surface area contributed by atoms with Crippen molar-refractivity contribution in [2.45, 2.75) is 27.2 Å². The molecule has 0 saturated heterocycles. The Morgan fingerprint density at radius 1 is 1.38 bits per heavy atom. The summed E-state index contributed by atoms with van der Waals surface area (Å²) >= 11 is 0. The Morgan fingerprint density at radius 3 is 2.69 bits per heavy atom. The van der Waals surface area contributed by atoms with Crippen LogP contribution in [0.1, 0.15) is 26.6 Å². The first-order valence-corrected chi connectivity index (χ1v) is 5.39. The molecule has 0 fully saturated rings. The number of aryl methyl sites for hydroxylation is 1. The highest BCUT2D eigenvalue weighted by atomic mass is 19.1. The average Bonchev–Trinajstić information content (AvgIpc) is 2.33. The molecule has 4 heteroatoms. The summed E-state index contributed by atoms with van der Waals surface area (Å²) < 4.78 is 13.3. The highest BCUT2D eigenvalue weighted by Gasteiger charge is 2.06. The number of fused-ring (bicyclic) bond motifs is 1. The summed E-state index contributed by atoms with van der Waals surface area (Å²) in [5.41, 5.74) is -0.139. The minimum absolute atomic E-state index is 0.146. The molecule has 86 valence electrons. The molecule has 0 aliphatic carbocycles. The Labute approximate surface area is 93.3 Å². The first-order chi connectivity index (χ1) is 7.72. The molecule has 2 aromatic rings. The van der Waals surface area contributed by atoms with E-state index in [4.69, 9.17) is 0 Å². The van der Waals surface area contributed by atoms with Gasteiger partial charge < -0.3 is 4.98 Å². The highest BCUT2D eigenvalue weighted by Crippen LogP contribution is 2.11.